The summed E-state index contributed by atoms with van der Waals surface area (Å²) in [5.41, 5.74) is 16.0. The normalized spacial score (nSPS) is 12.5. The summed E-state index contributed by atoms with van der Waals surface area (Å²) in [7, 11) is 0. The van der Waals surface area contributed by atoms with Gasteiger partial charge in [0.1, 0.15) is 0 Å². The molecule has 0 unspecified atom stereocenters. The van der Waals surface area contributed by atoms with Crippen LogP contribution in [0.5, 0.6) is 0 Å². The van der Waals surface area contributed by atoms with Gasteiger partial charge in [0.25, 0.3) is 0 Å². The van der Waals surface area contributed by atoms with Gasteiger partial charge >= 0.3 is 0 Å². The number of rotatable bonds is 8. The molecule has 1 aliphatic carbocycles. The first-order valence-electron chi connectivity index (χ1n) is 19.5. The second-order valence-corrected chi connectivity index (χ2v) is 14.4. The van der Waals surface area contributed by atoms with E-state index in [-0.39, 0.29) is 0 Å². The molecule has 270 valence electrons. The Kier molecular flexibility index (Phi) is 8.94. The van der Waals surface area contributed by atoms with Crippen LogP contribution >= 0.6 is 0 Å². The molecule has 0 radical (unpaired) electrons. The zero-order valence-electron chi connectivity index (χ0n) is 31.4. The molecule has 0 saturated heterocycles. The van der Waals surface area contributed by atoms with Crippen LogP contribution in [0.15, 0.2) is 217 Å². The Morgan fingerprint density at radius 3 is 1.33 bits per heavy atom. The molecule has 0 aromatic heterocycles. The molecular weight excluding hydrogens is 691 g/mol. The minimum atomic E-state index is 0.858. The van der Waals surface area contributed by atoms with Gasteiger partial charge in [0, 0.05) is 34.1 Å². The number of nitrogens with zero attached hydrogens (tertiary/aromatic N) is 3. The molecule has 0 bridgehead atoms. The number of allylic oxidation sites excluding steroid dienone is 1. The molecular formula is C54H39N3. The number of para-hydroxylation sites is 5. The molecule has 0 fully saturated rings. The standard InChI is InChI=1S/C54H39N3/c1-5-18-42(19-6-1)56(43-20-7-2-8-21-43)46-32-34-48-50(36-39-28-30-41(31-29-39)54-27-15-17-40-16-13-14-26-53(40)55-54)49-35-33-47(38-52(49)51(48)37-46)57(44-22-9-3-10-23-44)45-24-11-4-12-25-45/h1-14,16-38H,15H2. The van der Waals surface area contributed by atoms with Crippen LogP contribution in [0.4, 0.5) is 34.1 Å². The molecule has 10 rings (SSSR count). The van der Waals surface area contributed by atoms with Gasteiger partial charge in [-0.1, -0.05) is 140 Å². The second kappa shape index (κ2) is 15.0. The summed E-state index contributed by atoms with van der Waals surface area (Å²) in [4.78, 5) is 9.72. The van der Waals surface area contributed by atoms with Crippen molar-refractivity contribution in [3.8, 4) is 11.1 Å². The van der Waals surface area contributed by atoms with Crippen LogP contribution in [-0.2, 0) is 0 Å². The van der Waals surface area contributed by atoms with E-state index in [1.807, 2.05) is 0 Å². The van der Waals surface area contributed by atoms with Gasteiger partial charge in [-0.3, -0.25) is 0 Å². The lowest BCUT2D eigenvalue weighted by molar-refractivity contribution is 1.28. The molecule has 0 atom stereocenters. The van der Waals surface area contributed by atoms with Crippen molar-refractivity contribution in [1.82, 2.24) is 0 Å². The van der Waals surface area contributed by atoms with E-state index in [0.717, 1.165) is 62.7 Å². The molecule has 0 amide bonds. The van der Waals surface area contributed by atoms with Gasteiger partial charge in [-0.15, -0.1) is 0 Å². The Labute approximate surface area is 333 Å². The number of fused-ring (bicyclic) bond motifs is 4. The highest BCUT2D eigenvalue weighted by atomic mass is 15.1. The van der Waals surface area contributed by atoms with Crippen LogP contribution in [-0.4, -0.2) is 0 Å². The quantitative estimate of drug-likeness (QED) is 0.155. The summed E-state index contributed by atoms with van der Waals surface area (Å²) in [6.45, 7) is 0. The first-order valence-corrected chi connectivity index (χ1v) is 19.5. The van der Waals surface area contributed by atoms with Crippen LogP contribution in [0.3, 0.4) is 0 Å². The van der Waals surface area contributed by atoms with Crippen molar-refractivity contribution >= 4 is 57.5 Å². The van der Waals surface area contributed by atoms with E-state index in [9.17, 15) is 0 Å². The lowest BCUT2D eigenvalue weighted by Gasteiger charge is -2.26. The van der Waals surface area contributed by atoms with Crippen molar-refractivity contribution in [1.29, 1.82) is 0 Å². The van der Waals surface area contributed by atoms with Crippen molar-refractivity contribution in [2.24, 2.45) is 4.99 Å². The van der Waals surface area contributed by atoms with E-state index < -0.39 is 0 Å². The van der Waals surface area contributed by atoms with Gasteiger partial charge in [0.05, 0.1) is 11.1 Å². The summed E-state index contributed by atoms with van der Waals surface area (Å²) in [6, 6.07) is 73.6. The Morgan fingerprint density at radius 2 is 0.842 bits per heavy atom. The molecule has 0 N–H and O–H groups in total. The van der Waals surface area contributed by atoms with E-state index >= 15 is 0 Å². The monoisotopic (exact) mass is 729 g/mol. The molecule has 57 heavy (non-hydrogen) atoms. The van der Waals surface area contributed by atoms with Crippen molar-refractivity contribution in [2.75, 3.05) is 9.80 Å². The van der Waals surface area contributed by atoms with Gasteiger partial charge < -0.3 is 9.80 Å². The first-order chi connectivity index (χ1) is 28.3. The molecule has 0 spiro atoms. The van der Waals surface area contributed by atoms with Crippen LogP contribution in [0.25, 0.3) is 34.5 Å². The summed E-state index contributed by atoms with van der Waals surface area (Å²) < 4.78 is 0. The van der Waals surface area contributed by atoms with Crippen LogP contribution in [0.1, 0.15) is 28.7 Å². The molecule has 2 aliphatic rings. The SMILES string of the molecule is C1=C(c2ccc(C=C3c4ccc(N(c5ccccc5)c5ccccc5)cc4-c4cc(N(c5ccccc5)c5ccccc5)ccc43)cc2)N=c2ccccc2=CC1. The van der Waals surface area contributed by atoms with E-state index in [1.165, 1.54) is 33.0 Å². The topological polar surface area (TPSA) is 18.8 Å². The van der Waals surface area contributed by atoms with Gasteiger partial charge in [-0.2, -0.15) is 0 Å². The van der Waals surface area contributed by atoms with Crippen molar-refractivity contribution in [3.05, 3.63) is 245 Å². The average Bonchev–Trinajstić information content (AvgIpc) is 3.40. The molecule has 3 nitrogen and oxygen atoms in total. The summed E-state index contributed by atoms with van der Waals surface area (Å²) in [5.74, 6) is 0. The molecule has 3 heteroatoms. The third-order valence-electron chi connectivity index (χ3n) is 10.8. The van der Waals surface area contributed by atoms with E-state index in [1.54, 1.807) is 0 Å². The fourth-order valence-electron chi connectivity index (χ4n) is 8.10. The number of benzene rings is 8. The third kappa shape index (κ3) is 6.66. The smallest absolute Gasteiger partial charge is 0.0706 e. The number of anilines is 6. The largest absolute Gasteiger partial charge is 0.310 e. The molecule has 1 aliphatic heterocycles. The predicted octanol–water partition coefficient (Wildman–Crippen LogP) is 13.0. The lowest BCUT2D eigenvalue weighted by atomic mass is 9.99. The second-order valence-electron chi connectivity index (χ2n) is 14.4. The van der Waals surface area contributed by atoms with Gasteiger partial charge in [0.15, 0.2) is 0 Å². The maximum absolute atomic E-state index is 5.04. The molecule has 8 aromatic carbocycles. The van der Waals surface area contributed by atoms with Crippen LogP contribution < -0.4 is 20.4 Å². The van der Waals surface area contributed by atoms with Crippen molar-refractivity contribution in [2.45, 2.75) is 6.42 Å². The Balaban J connectivity index is 1.11. The van der Waals surface area contributed by atoms with Crippen LogP contribution in [0.2, 0.25) is 0 Å². The molecule has 1 heterocycles. The highest BCUT2D eigenvalue weighted by molar-refractivity contribution is 6.08. The summed E-state index contributed by atoms with van der Waals surface area (Å²) in [5, 5.41) is 2.20. The van der Waals surface area contributed by atoms with Gasteiger partial charge in [0.2, 0.25) is 0 Å². The zero-order valence-corrected chi connectivity index (χ0v) is 31.4. The average molecular weight is 730 g/mol. The highest BCUT2D eigenvalue weighted by Crippen LogP contribution is 2.50. The molecule has 0 saturated carbocycles. The van der Waals surface area contributed by atoms with E-state index in [2.05, 4.69) is 234 Å². The third-order valence-corrected chi connectivity index (χ3v) is 10.8. The number of hydrogen-bond acceptors (Lipinski definition) is 3. The molecule has 8 aromatic rings. The highest BCUT2D eigenvalue weighted by Gasteiger charge is 2.27. The lowest BCUT2D eigenvalue weighted by Crippen LogP contribution is -2.23. The predicted molar refractivity (Wildman–Crippen MR) is 239 cm³/mol. The van der Waals surface area contributed by atoms with Gasteiger partial charge in [-0.25, -0.2) is 4.99 Å². The Morgan fingerprint density at radius 1 is 0.386 bits per heavy atom. The first kappa shape index (κ1) is 34.0. The van der Waals surface area contributed by atoms with E-state index in [0.29, 0.717) is 0 Å². The summed E-state index contributed by atoms with van der Waals surface area (Å²) in [6.07, 6.45) is 7.66. The minimum Gasteiger partial charge on any atom is -0.310 e. The summed E-state index contributed by atoms with van der Waals surface area (Å²) >= 11 is 0. The number of hydrogen-bond donors (Lipinski definition) is 0. The van der Waals surface area contributed by atoms with Crippen LogP contribution in [0, 0.1) is 0 Å². The Hall–Kier alpha value is -7.49. The van der Waals surface area contributed by atoms with Crippen molar-refractivity contribution < 1.29 is 0 Å². The van der Waals surface area contributed by atoms with Crippen molar-refractivity contribution in [3.63, 3.8) is 0 Å². The van der Waals surface area contributed by atoms with E-state index in [4.69, 9.17) is 4.99 Å². The maximum atomic E-state index is 5.04. The van der Waals surface area contributed by atoms with Gasteiger partial charge in [-0.05, 0) is 136 Å². The Bertz CT molecular complexity index is 2680. The fraction of sp³-hybridized carbons (Fsp3) is 0.0185. The zero-order chi connectivity index (χ0) is 38.0. The fourth-order valence-corrected chi connectivity index (χ4v) is 8.10. The maximum Gasteiger partial charge on any atom is 0.0706 e. The minimum absolute atomic E-state index is 0.858.